The number of benzene rings is 1. The van der Waals surface area contributed by atoms with Crippen LogP contribution in [-0.4, -0.2) is 22.9 Å². The van der Waals surface area contributed by atoms with Crippen molar-refractivity contribution in [1.29, 1.82) is 5.26 Å². The predicted octanol–water partition coefficient (Wildman–Crippen LogP) is 2.29. The normalized spacial score (nSPS) is 11.2. The number of nitrogens with one attached hydrogen (secondary N) is 1. The summed E-state index contributed by atoms with van der Waals surface area (Å²) in [6, 6.07) is 6.78. The lowest BCUT2D eigenvalue weighted by atomic mass is 10.1. The lowest BCUT2D eigenvalue weighted by Crippen LogP contribution is -2.30. The molecule has 2 rings (SSSR count). The molecule has 1 atom stereocenters. The fourth-order valence-electron chi connectivity index (χ4n) is 1.83. The van der Waals surface area contributed by atoms with Crippen LogP contribution in [0.15, 0.2) is 29.6 Å². The van der Waals surface area contributed by atoms with Gasteiger partial charge in [0.25, 0.3) is 11.6 Å². The third-order valence-electron chi connectivity index (χ3n) is 3.14. The average Bonchev–Trinajstić information content (AvgIpc) is 3.01. The third kappa shape index (κ3) is 4.10. The number of nitrogens with two attached hydrogens (primary N) is 1. The molecule has 1 aromatic heterocycles. The number of nitriles is 1. The molecular formula is C15H12N4O5S. The van der Waals surface area contributed by atoms with E-state index in [4.69, 9.17) is 15.7 Å². The maximum absolute atomic E-state index is 12.1. The lowest BCUT2D eigenvalue weighted by Gasteiger charge is -2.13. The molecular weight excluding hydrogens is 348 g/mol. The Morgan fingerprint density at radius 1 is 1.44 bits per heavy atom. The highest BCUT2D eigenvalue weighted by molar-refractivity contribution is 7.14. The zero-order valence-electron chi connectivity index (χ0n) is 12.9. The van der Waals surface area contributed by atoms with Gasteiger partial charge in [-0.15, -0.1) is 11.3 Å². The molecule has 0 bridgehead atoms. The first-order chi connectivity index (χ1) is 11.8. The van der Waals surface area contributed by atoms with Gasteiger partial charge >= 0.3 is 5.97 Å². The Balaban J connectivity index is 2.06. The molecule has 3 N–H and O–H groups in total. The highest BCUT2D eigenvalue weighted by Crippen LogP contribution is 2.23. The van der Waals surface area contributed by atoms with Crippen molar-refractivity contribution in [2.45, 2.75) is 13.0 Å². The molecule has 2 aromatic rings. The van der Waals surface area contributed by atoms with Crippen molar-refractivity contribution in [1.82, 2.24) is 0 Å². The van der Waals surface area contributed by atoms with Gasteiger partial charge in [-0.2, -0.15) is 5.26 Å². The summed E-state index contributed by atoms with van der Waals surface area (Å²) in [6.45, 7) is 1.36. The van der Waals surface area contributed by atoms with Crippen molar-refractivity contribution in [2.24, 2.45) is 0 Å². The fraction of sp³-hybridized carbons (Fsp3) is 0.133. The van der Waals surface area contributed by atoms with Crippen molar-refractivity contribution in [2.75, 3.05) is 11.1 Å². The minimum Gasteiger partial charge on any atom is -0.449 e. The van der Waals surface area contributed by atoms with E-state index in [0.717, 1.165) is 29.5 Å². The van der Waals surface area contributed by atoms with Crippen LogP contribution in [0.2, 0.25) is 0 Å². The molecule has 0 unspecified atom stereocenters. The van der Waals surface area contributed by atoms with Gasteiger partial charge in [-0.05, 0) is 24.4 Å². The van der Waals surface area contributed by atoms with Crippen molar-refractivity contribution in [3.8, 4) is 6.07 Å². The standard InChI is InChI=1S/C15H12N4O5S/c1-8(13(20)18-14-9(7-16)4-5-25-14)24-15(21)11-3-2-10(19(22)23)6-12(11)17/h2-6,8H,17H2,1H3,(H,18,20)/t8-/m1/s1. The second kappa shape index (κ2) is 7.41. The summed E-state index contributed by atoms with van der Waals surface area (Å²) in [6.07, 6.45) is -1.16. The van der Waals surface area contributed by atoms with Gasteiger partial charge in [0.15, 0.2) is 6.10 Å². The summed E-state index contributed by atoms with van der Waals surface area (Å²) in [5, 5.41) is 24.1. The smallest absolute Gasteiger partial charge is 0.341 e. The summed E-state index contributed by atoms with van der Waals surface area (Å²) in [7, 11) is 0. The van der Waals surface area contributed by atoms with Crippen LogP contribution in [0.5, 0.6) is 0 Å². The first-order valence-electron chi connectivity index (χ1n) is 6.87. The lowest BCUT2D eigenvalue weighted by molar-refractivity contribution is -0.384. The zero-order chi connectivity index (χ0) is 18.6. The van der Waals surface area contributed by atoms with Crippen LogP contribution < -0.4 is 11.1 Å². The van der Waals surface area contributed by atoms with E-state index >= 15 is 0 Å². The van der Waals surface area contributed by atoms with Gasteiger partial charge in [0.05, 0.1) is 21.7 Å². The Bertz CT molecular complexity index is 886. The van der Waals surface area contributed by atoms with Crippen molar-refractivity contribution < 1.29 is 19.2 Å². The van der Waals surface area contributed by atoms with E-state index in [9.17, 15) is 19.7 Å². The predicted molar refractivity (Wildman–Crippen MR) is 90.1 cm³/mol. The number of ether oxygens (including phenoxy) is 1. The number of nitrogens with zero attached hydrogens (tertiary/aromatic N) is 2. The van der Waals surface area contributed by atoms with E-state index in [1.807, 2.05) is 6.07 Å². The number of carbonyl (C=O) groups excluding carboxylic acids is 2. The number of nitro groups is 1. The average molecular weight is 360 g/mol. The molecule has 10 heteroatoms. The van der Waals surface area contributed by atoms with Crippen LogP contribution in [0.3, 0.4) is 0 Å². The second-order valence-electron chi connectivity index (χ2n) is 4.84. The molecule has 1 aromatic carbocycles. The summed E-state index contributed by atoms with van der Waals surface area (Å²) in [5.74, 6) is -1.51. The molecule has 0 radical (unpaired) electrons. The van der Waals surface area contributed by atoms with Crippen molar-refractivity contribution in [3.63, 3.8) is 0 Å². The van der Waals surface area contributed by atoms with Gasteiger partial charge in [0.1, 0.15) is 11.1 Å². The van der Waals surface area contributed by atoms with Crippen LogP contribution in [0, 0.1) is 21.4 Å². The number of amides is 1. The number of anilines is 2. The number of nitro benzene ring substituents is 1. The number of carbonyl (C=O) groups is 2. The molecule has 1 heterocycles. The number of nitrogen functional groups attached to an aromatic ring is 1. The van der Waals surface area contributed by atoms with Gasteiger partial charge in [0, 0.05) is 12.1 Å². The summed E-state index contributed by atoms with van der Waals surface area (Å²) >= 11 is 1.16. The highest BCUT2D eigenvalue weighted by Gasteiger charge is 2.22. The van der Waals surface area contributed by atoms with E-state index in [0.29, 0.717) is 10.6 Å². The minimum absolute atomic E-state index is 0.0842. The molecule has 0 aliphatic carbocycles. The SMILES string of the molecule is C[C@@H](OC(=O)c1ccc([N+](=O)[O-])cc1N)C(=O)Nc1sccc1C#N. The molecule has 0 fully saturated rings. The van der Waals surface area contributed by atoms with E-state index in [2.05, 4.69) is 5.32 Å². The van der Waals surface area contributed by atoms with Gasteiger partial charge in [-0.3, -0.25) is 14.9 Å². The maximum atomic E-state index is 12.1. The summed E-state index contributed by atoms with van der Waals surface area (Å²) < 4.78 is 5.02. The quantitative estimate of drug-likeness (QED) is 0.359. The minimum atomic E-state index is -1.16. The topological polar surface area (TPSA) is 148 Å². The van der Waals surface area contributed by atoms with Crippen LogP contribution >= 0.6 is 11.3 Å². The molecule has 0 aliphatic heterocycles. The molecule has 0 spiro atoms. The Kier molecular flexibility index (Phi) is 5.31. The number of esters is 1. The Hall–Kier alpha value is -3.45. The number of non-ortho nitro benzene ring substituents is 1. The second-order valence-corrected chi connectivity index (χ2v) is 5.76. The van der Waals surface area contributed by atoms with Crippen molar-refractivity contribution >= 4 is 39.6 Å². The Labute approximate surface area is 145 Å². The van der Waals surface area contributed by atoms with Crippen LogP contribution in [0.4, 0.5) is 16.4 Å². The van der Waals surface area contributed by atoms with Crippen LogP contribution in [-0.2, 0) is 9.53 Å². The van der Waals surface area contributed by atoms with Crippen LogP contribution in [0.1, 0.15) is 22.8 Å². The van der Waals surface area contributed by atoms with E-state index < -0.39 is 22.9 Å². The molecule has 0 saturated heterocycles. The monoisotopic (exact) mass is 360 g/mol. The molecule has 0 aliphatic rings. The molecule has 1 amide bonds. The van der Waals surface area contributed by atoms with Gasteiger partial charge < -0.3 is 15.8 Å². The van der Waals surface area contributed by atoms with Gasteiger partial charge in [0.2, 0.25) is 0 Å². The summed E-state index contributed by atoms with van der Waals surface area (Å²) in [4.78, 5) is 34.2. The highest BCUT2D eigenvalue weighted by atomic mass is 32.1. The largest absolute Gasteiger partial charge is 0.449 e. The Morgan fingerprint density at radius 3 is 2.76 bits per heavy atom. The zero-order valence-corrected chi connectivity index (χ0v) is 13.7. The number of rotatable bonds is 5. The first kappa shape index (κ1) is 17.9. The van der Waals surface area contributed by atoms with Gasteiger partial charge in [-0.1, -0.05) is 0 Å². The molecule has 128 valence electrons. The molecule has 25 heavy (non-hydrogen) atoms. The molecule has 0 saturated carbocycles. The van der Waals surface area contributed by atoms with E-state index in [1.54, 1.807) is 11.4 Å². The third-order valence-corrected chi connectivity index (χ3v) is 3.97. The van der Waals surface area contributed by atoms with Crippen LogP contribution in [0.25, 0.3) is 0 Å². The van der Waals surface area contributed by atoms with Crippen molar-refractivity contribution in [3.05, 3.63) is 50.9 Å². The Morgan fingerprint density at radius 2 is 2.16 bits per heavy atom. The first-order valence-corrected chi connectivity index (χ1v) is 7.74. The number of thiophene rings is 1. The number of hydrogen-bond donors (Lipinski definition) is 2. The fourth-order valence-corrected chi connectivity index (χ4v) is 2.58. The summed E-state index contributed by atoms with van der Waals surface area (Å²) in [5.41, 5.74) is 5.45. The molecule has 9 nitrogen and oxygen atoms in total. The number of hydrogen-bond acceptors (Lipinski definition) is 8. The maximum Gasteiger partial charge on any atom is 0.341 e. The van der Waals surface area contributed by atoms with E-state index in [-0.39, 0.29) is 16.9 Å². The van der Waals surface area contributed by atoms with Gasteiger partial charge in [-0.25, -0.2) is 4.79 Å². The van der Waals surface area contributed by atoms with E-state index in [1.165, 1.54) is 6.92 Å².